The zero-order valence-corrected chi connectivity index (χ0v) is 16.1. The van der Waals surface area contributed by atoms with E-state index in [0.29, 0.717) is 25.7 Å². The fourth-order valence-electron chi connectivity index (χ4n) is 2.26. The number of rotatable bonds is 9. The predicted octanol–water partition coefficient (Wildman–Crippen LogP) is 3.22. The van der Waals surface area contributed by atoms with Crippen LogP contribution in [-0.4, -0.2) is 31.1 Å². The van der Waals surface area contributed by atoms with Crippen LogP contribution in [0.25, 0.3) is 0 Å². The number of thiazole rings is 1. The molecule has 2 N–H and O–H groups in total. The first-order chi connectivity index (χ1) is 12.2. The molecular weight excluding hydrogens is 332 g/mol. The molecule has 0 saturated heterocycles. The minimum atomic E-state index is 0.397. The highest BCUT2D eigenvalue weighted by Crippen LogP contribution is 2.12. The van der Waals surface area contributed by atoms with Gasteiger partial charge in [0, 0.05) is 24.7 Å². The number of hydrogen-bond acceptors (Lipinski definition) is 4. The van der Waals surface area contributed by atoms with Crippen molar-refractivity contribution >= 4 is 17.3 Å². The van der Waals surface area contributed by atoms with Crippen LogP contribution in [0.15, 0.2) is 41.5 Å². The van der Waals surface area contributed by atoms with Gasteiger partial charge >= 0.3 is 0 Å². The van der Waals surface area contributed by atoms with E-state index in [9.17, 15) is 0 Å². The van der Waals surface area contributed by atoms with Gasteiger partial charge in [-0.3, -0.25) is 4.99 Å². The highest BCUT2D eigenvalue weighted by atomic mass is 32.1. The van der Waals surface area contributed by atoms with Crippen molar-refractivity contribution in [1.29, 1.82) is 0 Å². The van der Waals surface area contributed by atoms with Gasteiger partial charge < -0.3 is 15.4 Å². The smallest absolute Gasteiger partial charge is 0.191 e. The number of nitrogens with one attached hydrogen (secondary N) is 2. The second-order valence-electron chi connectivity index (χ2n) is 5.99. The summed E-state index contributed by atoms with van der Waals surface area (Å²) in [5, 5.41) is 7.73. The molecule has 2 aromatic rings. The van der Waals surface area contributed by atoms with Crippen LogP contribution in [0.3, 0.4) is 0 Å². The van der Waals surface area contributed by atoms with Crippen molar-refractivity contribution in [3.8, 4) is 0 Å². The first-order valence-electron chi connectivity index (χ1n) is 8.71. The molecule has 1 unspecified atom stereocenters. The molecule has 0 aliphatic heterocycles. The number of benzene rings is 1. The Hall–Kier alpha value is -1.92. The van der Waals surface area contributed by atoms with Crippen molar-refractivity contribution in [2.24, 2.45) is 10.9 Å². The van der Waals surface area contributed by atoms with Crippen LogP contribution in [0, 0.1) is 5.92 Å². The highest BCUT2D eigenvalue weighted by Gasteiger charge is 2.06. The number of aryl methyl sites for hydroxylation is 1. The van der Waals surface area contributed by atoms with Gasteiger partial charge in [-0.2, -0.15) is 0 Å². The lowest BCUT2D eigenvalue weighted by Crippen LogP contribution is -2.39. The van der Waals surface area contributed by atoms with E-state index in [2.05, 4.69) is 46.6 Å². The maximum Gasteiger partial charge on any atom is 0.191 e. The minimum Gasteiger partial charge on any atom is -0.376 e. The summed E-state index contributed by atoms with van der Waals surface area (Å²) in [5.74, 6) is 1.19. The molecule has 25 heavy (non-hydrogen) atoms. The van der Waals surface area contributed by atoms with Crippen LogP contribution in [0.1, 0.15) is 29.3 Å². The van der Waals surface area contributed by atoms with Crippen molar-refractivity contribution in [1.82, 2.24) is 15.6 Å². The number of nitrogens with zero attached hydrogens (tertiary/aromatic N) is 2. The zero-order chi connectivity index (χ0) is 17.9. The third kappa shape index (κ3) is 7.23. The number of hydrogen-bond donors (Lipinski definition) is 2. The quantitative estimate of drug-likeness (QED) is 0.532. The second-order valence-corrected chi connectivity index (χ2v) is 7.19. The Bertz CT molecular complexity index is 642. The maximum atomic E-state index is 5.78. The zero-order valence-electron chi connectivity index (χ0n) is 15.3. The Balaban J connectivity index is 1.63. The van der Waals surface area contributed by atoms with Crippen LogP contribution >= 0.6 is 11.3 Å². The van der Waals surface area contributed by atoms with Crippen molar-refractivity contribution in [2.75, 3.05) is 20.2 Å². The lowest BCUT2D eigenvalue weighted by atomic mass is 10.2. The Labute approximate surface area is 154 Å². The summed E-state index contributed by atoms with van der Waals surface area (Å²) in [4.78, 5) is 9.98. The third-order valence-electron chi connectivity index (χ3n) is 3.71. The molecule has 0 aliphatic rings. The van der Waals surface area contributed by atoms with Crippen molar-refractivity contribution in [3.63, 3.8) is 0 Å². The van der Waals surface area contributed by atoms with Gasteiger partial charge in [0.15, 0.2) is 5.96 Å². The number of ether oxygens (including phenoxy) is 1. The molecule has 1 aromatic carbocycles. The van der Waals surface area contributed by atoms with E-state index in [1.165, 1.54) is 10.4 Å². The standard InChI is InChI=1S/C19H28N4OS/c1-4-17-11-21-18(25-17)12-23-19(20-3)22-10-15(2)13-24-14-16-8-6-5-7-9-16/h5-9,11,15H,4,10,12-14H2,1-3H3,(H2,20,22,23). The molecule has 0 bridgehead atoms. The van der Waals surface area contributed by atoms with Gasteiger partial charge in [-0.15, -0.1) is 11.3 Å². The van der Waals surface area contributed by atoms with Crippen LogP contribution in [0.5, 0.6) is 0 Å². The SMILES string of the molecule is CCc1cnc(CNC(=NC)NCC(C)COCc2ccccc2)s1. The Morgan fingerprint density at radius 2 is 2.08 bits per heavy atom. The van der Waals surface area contributed by atoms with Gasteiger partial charge in [0.2, 0.25) is 0 Å². The van der Waals surface area contributed by atoms with Crippen molar-refractivity contribution in [3.05, 3.63) is 52.0 Å². The average Bonchev–Trinajstić information content (AvgIpc) is 3.11. The van der Waals surface area contributed by atoms with Crippen molar-refractivity contribution in [2.45, 2.75) is 33.4 Å². The molecule has 1 heterocycles. The van der Waals surface area contributed by atoms with Gasteiger partial charge in [-0.1, -0.05) is 44.2 Å². The van der Waals surface area contributed by atoms with E-state index in [0.717, 1.165) is 23.9 Å². The Morgan fingerprint density at radius 1 is 1.28 bits per heavy atom. The van der Waals surface area contributed by atoms with Gasteiger partial charge in [0.05, 0.1) is 19.8 Å². The average molecular weight is 361 g/mol. The van der Waals surface area contributed by atoms with Crippen LogP contribution in [0.2, 0.25) is 0 Å². The molecule has 0 aliphatic carbocycles. The highest BCUT2D eigenvalue weighted by molar-refractivity contribution is 7.11. The summed E-state index contributed by atoms with van der Waals surface area (Å²) in [5.41, 5.74) is 1.20. The molecule has 136 valence electrons. The van der Waals surface area contributed by atoms with E-state index in [1.807, 2.05) is 24.4 Å². The number of aromatic nitrogens is 1. The monoisotopic (exact) mass is 360 g/mol. The third-order valence-corrected chi connectivity index (χ3v) is 4.85. The van der Waals surface area contributed by atoms with E-state index in [1.54, 1.807) is 18.4 Å². The van der Waals surface area contributed by atoms with Gasteiger partial charge in [-0.05, 0) is 17.9 Å². The second kappa shape index (κ2) is 10.8. The lowest BCUT2D eigenvalue weighted by molar-refractivity contribution is 0.0931. The molecule has 1 atom stereocenters. The molecule has 5 nitrogen and oxygen atoms in total. The summed E-state index contributed by atoms with van der Waals surface area (Å²) >= 11 is 1.74. The molecule has 0 saturated carbocycles. The van der Waals surface area contributed by atoms with Gasteiger partial charge in [0.25, 0.3) is 0 Å². The largest absolute Gasteiger partial charge is 0.376 e. The number of aliphatic imine (C=N–C) groups is 1. The van der Waals surface area contributed by atoms with Crippen LogP contribution in [-0.2, 0) is 24.3 Å². The normalized spacial score (nSPS) is 12.8. The topological polar surface area (TPSA) is 58.5 Å². The fraction of sp³-hybridized carbons (Fsp3) is 0.474. The Morgan fingerprint density at radius 3 is 2.76 bits per heavy atom. The van der Waals surface area contributed by atoms with E-state index >= 15 is 0 Å². The van der Waals surface area contributed by atoms with Crippen molar-refractivity contribution < 1.29 is 4.74 Å². The molecule has 0 spiro atoms. The van der Waals surface area contributed by atoms with Crippen LogP contribution < -0.4 is 10.6 Å². The maximum absolute atomic E-state index is 5.78. The summed E-state index contributed by atoms with van der Waals surface area (Å²) in [7, 11) is 1.78. The molecule has 0 amide bonds. The fourth-order valence-corrected chi connectivity index (χ4v) is 3.06. The summed E-state index contributed by atoms with van der Waals surface area (Å²) in [6, 6.07) is 10.2. The first-order valence-corrected chi connectivity index (χ1v) is 9.52. The summed E-state index contributed by atoms with van der Waals surface area (Å²) in [6.07, 6.45) is 2.98. The van der Waals surface area contributed by atoms with Gasteiger partial charge in [0.1, 0.15) is 5.01 Å². The molecule has 0 fully saturated rings. The van der Waals surface area contributed by atoms with Gasteiger partial charge in [-0.25, -0.2) is 4.98 Å². The molecular formula is C19H28N4OS. The van der Waals surface area contributed by atoms with E-state index in [-0.39, 0.29) is 0 Å². The summed E-state index contributed by atoms with van der Waals surface area (Å²) < 4.78 is 5.78. The first kappa shape index (κ1) is 19.4. The Kier molecular flexibility index (Phi) is 8.42. The predicted molar refractivity (Wildman–Crippen MR) is 105 cm³/mol. The molecule has 6 heteroatoms. The molecule has 0 radical (unpaired) electrons. The molecule has 2 rings (SSSR count). The molecule has 1 aromatic heterocycles. The van der Waals surface area contributed by atoms with Crippen LogP contribution in [0.4, 0.5) is 0 Å². The van der Waals surface area contributed by atoms with E-state index in [4.69, 9.17) is 4.74 Å². The lowest BCUT2D eigenvalue weighted by Gasteiger charge is -2.16. The van der Waals surface area contributed by atoms with E-state index < -0.39 is 0 Å². The minimum absolute atomic E-state index is 0.397. The summed E-state index contributed by atoms with van der Waals surface area (Å²) in [6.45, 7) is 7.19. The number of guanidine groups is 1.